The molecule has 2 aromatic heterocycles. The van der Waals surface area contributed by atoms with Crippen molar-refractivity contribution in [2.45, 2.75) is 0 Å². The minimum atomic E-state index is -4.15. The highest BCUT2D eigenvalue weighted by Gasteiger charge is 2.20. The average Bonchev–Trinajstić information content (AvgIpc) is 2.85. The molecule has 90 valence electrons. The Hall–Kier alpha value is -1.45. The van der Waals surface area contributed by atoms with Crippen LogP contribution < -0.4 is 4.72 Å². The number of rotatable bonds is 4. The maximum atomic E-state index is 11.4. The number of carbonyl (C=O) groups excluding carboxylic acids is 1. The second-order valence-corrected chi connectivity index (χ2v) is 5.72. The van der Waals surface area contributed by atoms with E-state index < -0.39 is 16.3 Å². The van der Waals surface area contributed by atoms with Crippen molar-refractivity contribution < 1.29 is 17.4 Å². The summed E-state index contributed by atoms with van der Waals surface area (Å²) in [7, 11) is -4.15. The Morgan fingerprint density at radius 1 is 1.47 bits per heavy atom. The van der Waals surface area contributed by atoms with Crippen LogP contribution in [0.15, 0.2) is 28.4 Å². The first-order chi connectivity index (χ1) is 8.07. The monoisotopic (exact) mass is 290 g/mol. The van der Waals surface area contributed by atoms with E-state index in [1.54, 1.807) is 17.5 Å². The number of hydrogen-bond donors (Lipinski definition) is 1. The molecule has 0 aliphatic carbocycles. The minimum absolute atomic E-state index is 0.0356. The first-order valence-corrected chi connectivity index (χ1v) is 7.48. The lowest BCUT2D eigenvalue weighted by atomic mass is 10.5. The Bertz CT molecular complexity index is 589. The van der Waals surface area contributed by atoms with Gasteiger partial charge < -0.3 is 4.18 Å². The highest BCUT2D eigenvalue weighted by Crippen LogP contribution is 2.17. The molecule has 0 unspecified atom stereocenters. The van der Waals surface area contributed by atoms with Crippen LogP contribution in [0.25, 0.3) is 0 Å². The van der Waals surface area contributed by atoms with Crippen LogP contribution in [0.5, 0.6) is 0 Å². The summed E-state index contributed by atoms with van der Waals surface area (Å²) in [6.07, 6.45) is 0. The molecule has 0 aliphatic heterocycles. The Labute approximate surface area is 105 Å². The van der Waals surface area contributed by atoms with Gasteiger partial charge in [-0.1, -0.05) is 0 Å². The standard InChI is InChI=1S/C8H6N2O4S3/c11-8(6-4-15-5-9-6)14-17(12,13)10-7-2-1-3-16-7/h1-5,10H. The second kappa shape index (κ2) is 4.82. The zero-order valence-electron chi connectivity index (χ0n) is 8.19. The molecule has 2 heterocycles. The fraction of sp³-hybridized carbons (Fsp3) is 0. The number of aromatic nitrogens is 1. The van der Waals surface area contributed by atoms with E-state index in [0.29, 0.717) is 5.00 Å². The predicted molar refractivity (Wildman–Crippen MR) is 64.4 cm³/mol. The Morgan fingerprint density at radius 2 is 2.29 bits per heavy atom. The maximum Gasteiger partial charge on any atom is 0.410 e. The zero-order chi connectivity index (χ0) is 12.3. The van der Waals surface area contributed by atoms with Crippen molar-refractivity contribution in [1.82, 2.24) is 4.98 Å². The van der Waals surface area contributed by atoms with Crippen molar-refractivity contribution in [2.24, 2.45) is 0 Å². The lowest BCUT2D eigenvalue weighted by molar-refractivity contribution is 0.0743. The molecule has 9 heteroatoms. The molecule has 0 aromatic carbocycles. The van der Waals surface area contributed by atoms with E-state index in [4.69, 9.17) is 0 Å². The molecule has 0 fully saturated rings. The highest BCUT2D eigenvalue weighted by atomic mass is 32.2. The molecule has 0 saturated carbocycles. The van der Waals surface area contributed by atoms with Gasteiger partial charge in [0.15, 0.2) is 5.69 Å². The number of anilines is 1. The Kier molecular flexibility index (Phi) is 3.41. The van der Waals surface area contributed by atoms with Gasteiger partial charge in [0.2, 0.25) is 0 Å². The van der Waals surface area contributed by atoms with E-state index in [1.165, 1.54) is 33.6 Å². The van der Waals surface area contributed by atoms with Gasteiger partial charge in [0.1, 0.15) is 5.00 Å². The van der Waals surface area contributed by atoms with Gasteiger partial charge in [-0.25, -0.2) is 14.5 Å². The van der Waals surface area contributed by atoms with Crippen molar-refractivity contribution in [1.29, 1.82) is 0 Å². The number of carbonyl (C=O) groups is 1. The molecular formula is C8H6N2O4S3. The lowest BCUT2D eigenvalue weighted by Crippen LogP contribution is -2.20. The van der Waals surface area contributed by atoms with Gasteiger partial charge in [-0.2, -0.15) is 8.42 Å². The molecule has 0 amide bonds. The van der Waals surface area contributed by atoms with E-state index in [1.807, 2.05) is 0 Å². The lowest BCUT2D eigenvalue weighted by Gasteiger charge is -2.04. The van der Waals surface area contributed by atoms with E-state index in [-0.39, 0.29) is 5.69 Å². The summed E-state index contributed by atoms with van der Waals surface area (Å²) in [6, 6.07) is 3.23. The third kappa shape index (κ3) is 3.25. The van der Waals surface area contributed by atoms with E-state index in [9.17, 15) is 13.2 Å². The van der Waals surface area contributed by atoms with E-state index in [2.05, 4.69) is 13.9 Å². The molecule has 0 radical (unpaired) electrons. The first kappa shape index (κ1) is 12.0. The highest BCUT2D eigenvalue weighted by molar-refractivity contribution is 7.88. The summed E-state index contributed by atoms with van der Waals surface area (Å²) < 4.78 is 29.3. The van der Waals surface area contributed by atoms with Gasteiger partial charge in [-0.3, -0.25) is 0 Å². The summed E-state index contributed by atoms with van der Waals surface area (Å²) in [5.74, 6) is -1.00. The maximum absolute atomic E-state index is 11.4. The van der Waals surface area contributed by atoms with Crippen LogP contribution in [0.4, 0.5) is 5.00 Å². The van der Waals surface area contributed by atoms with Gasteiger partial charge in [-0.05, 0) is 17.5 Å². The van der Waals surface area contributed by atoms with Crippen LogP contribution >= 0.6 is 22.7 Å². The second-order valence-electron chi connectivity index (χ2n) is 2.78. The number of hydrogen-bond acceptors (Lipinski definition) is 7. The molecule has 0 aliphatic rings. The number of thiazole rings is 1. The molecule has 0 bridgehead atoms. The van der Waals surface area contributed by atoms with Crippen LogP contribution in [0.3, 0.4) is 0 Å². The summed E-state index contributed by atoms with van der Waals surface area (Å²) in [4.78, 5) is 15.0. The first-order valence-electron chi connectivity index (χ1n) is 4.25. The molecular weight excluding hydrogens is 284 g/mol. The summed E-state index contributed by atoms with van der Waals surface area (Å²) in [6.45, 7) is 0. The largest absolute Gasteiger partial charge is 0.410 e. The number of nitrogens with one attached hydrogen (secondary N) is 1. The Morgan fingerprint density at radius 3 is 2.88 bits per heavy atom. The molecule has 6 nitrogen and oxygen atoms in total. The predicted octanol–water partition coefficient (Wildman–Crippen LogP) is 1.72. The van der Waals surface area contributed by atoms with Gasteiger partial charge in [-0.15, -0.1) is 22.7 Å². The molecule has 1 N–H and O–H groups in total. The van der Waals surface area contributed by atoms with E-state index in [0.717, 1.165) is 0 Å². The van der Waals surface area contributed by atoms with Crippen LogP contribution in [-0.2, 0) is 14.5 Å². The fourth-order valence-corrected chi connectivity index (χ4v) is 3.06. The minimum Gasteiger partial charge on any atom is -0.324 e. The van der Waals surface area contributed by atoms with Crippen LogP contribution in [0.1, 0.15) is 10.5 Å². The van der Waals surface area contributed by atoms with Crippen molar-refractivity contribution in [3.8, 4) is 0 Å². The van der Waals surface area contributed by atoms with Crippen molar-refractivity contribution in [3.05, 3.63) is 34.1 Å². The fourth-order valence-electron chi connectivity index (χ4n) is 0.936. The molecule has 17 heavy (non-hydrogen) atoms. The summed E-state index contributed by atoms with van der Waals surface area (Å²) in [5, 5.41) is 3.47. The van der Waals surface area contributed by atoms with Gasteiger partial charge in [0, 0.05) is 5.38 Å². The molecule has 2 aromatic rings. The average molecular weight is 290 g/mol. The zero-order valence-corrected chi connectivity index (χ0v) is 10.6. The number of thiophene rings is 1. The number of nitrogens with zero attached hydrogens (tertiary/aromatic N) is 1. The third-order valence-corrected chi connectivity index (χ3v) is 3.92. The van der Waals surface area contributed by atoms with Crippen LogP contribution in [-0.4, -0.2) is 19.4 Å². The normalized spacial score (nSPS) is 11.1. The topological polar surface area (TPSA) is 85.4 Å². The summed E-state index contributed by atoms with van der Waals surface area (Å²) >= 11 is 2.35. The van der Waals surface area contributed by atoms with Crippen LogP contribution in [0.2, 0.25) is 0 Å². The van der Waals surface area contributed by atoms with Gasteiger partial charge >= 0.3 is 16.3 Å². The molecule has 0 spiro atoms. The van der Waals surface area contributed by atoms with E-state index >= 15 is 0 Å². The smallest absolute Gasteiger partial charge is 0.324 e. The van der Waals surface area contributed by atoms with Crippen molar-refractivity contribution in [3.63, 3.8) is 0 Å². The SMILES string of the molecule is O=C(OS(=O)(=O)Nc1cccs1)c1cscn1. The van der Waals surface area contributed by atoms with Crippen LogP contribution in [0, 0.1) is 0 Å². The van der Waals surface area contributed by atoms with Crippen molar-refractivity contribution in [2.75, 3.05) is 4.72 Å². The molecule has 0 saturated heterocycles. The quantitative estimate of drug-likeness (QED) is 0.926. The third-order valence-electron chi connectivity index (χ3n) is 1.57. The molecule has 2 rings (SSSR count). The van der Waals surface area contributed by atoms with Gasteiger partial charge in [0.05, 0.1) is 5.51 Å². The Balaban J connectivity index is 2.05. The summed E-state index contributed by atoms with van der Waals surface area (Å²) in [5.41, 5.74) is 1.38. The van der Waals surface area contributed by atoms with Gasteiger partial charge in [0.25, 0.3) is 0 Å². The molecule has 0 atom stereocenters. The van der Waals surface area contributed by atoms with Crippen molar-refractivity contribution >= 4 is 43.9 Å².